The number of aromatic nitrogens is 2. The zero-order valence-electron chi connectivity index (χ0n) is 17.1. The Balaban J connectivity index is 1.45. The minimum Gasteiger partial charge on any atom is -0.326 e. The summed E-state index contributed by atoms with van der Waals surface area (Å²) in [5.74, 6) is 0.0484. The van der Waals surface area contributed by atoms with E-state index in [0.29, 0.717) is 11.4 Å². The molecule has 3 aromatic carbocycles. The fourth-order valence-electron chi connectivity index (χ4n) is 3.31. The number of aromatic amines is 1. The number of fused-ring (bicyclic) bond motifs is 1. The van der Waals surface area contributed by atoms with E-state index in [9.17, 15) is 9.59 Å². The molecule has 6 nitrogen and oxygen atoms in total. The summed E-state index contributed by atoms with van der Waals surface area (Å²) in [4.78, 5) is 27.1. The molecular formula is C24H23N4O2S+. The number of thioether (sulfide) groups is 1. The molecule has 2 amide bonds. The lowest BCUT2D eigenvalue weighted by Crippen LogP contribution is -2.35. The molecule has 0 unspecified atom stereocenters. The highest BCUT2D eigenvalue weighted by Crippen LogP contribution is 2.20. The van der Waals surface area contributed by atoms with Crippen LogP contribution < -0.4 is 15.2 Å². The first-order valence-electron chi connectivity index (χ1n) is 9.93. The molecule has 0 radical (unpaired) electrons. The van der Waals surface area contributed by atoms with Crippen molar-refractivity contribution in [2.45, 2.75) is 18.6 Å². The van der Waals surface area contributed by atoms with E-state index in [1.54, 1.807) is 24.3 Å². The number of anilines is 2. The molecular weight excluding hydrogens is 408 g/mol. The van der Waals surface area contributed by atoms with Crippen LogP contribution in [0.4, 0.5) is 11.4 Å². The number of carbonyl (C=O) groups excluding carboxylic acids is 2. The van der Waals surface area contributed by atoms with Crippen LogP contribution in [0.3, 0.4) is 0 Å². The van der Waals surface area contributed by atoms with Gasteiger partial charge in [0.1, 0.15) is 6.54 Å². The van der Waals surface area contributed by atoms with Gasteiger partial charge in [-0.2, -0.15) is 0 Å². The van der Waals surface area contributed by atoms with Crippen molar-refractivity contribution in [2.75, 3.05) is 16.4 Å². The van der Waals surface area contributed by atoms with Crippen LogP contribution in [0, 0.1) is 0 Å². The van der Waals surface area contributed by atoms with Crippen LogP contribution >= 0.6 is 11.8 Å². The predicted molar refractivity (Wildman–Crippen MR) is 124 cm³/mol. The van der Waals surface area contributed by atoms with Crippen molar-refractivity contribution >= 4 is 46.0 Å². The molecule has 31 heavy (non-hydrogen) atoms. The van der Waals surface area contributed by atoms with Crippen LogP contribution in [-0.4, -0.2) is 22.6 Å². The number of carbonyl (C=O) groups is 2. The van der Waals surface area contributed by atoms with Gasteiger partial charge in [-0.15, -0.1) is 0 Å². The number of benzene rings is 3. The van der Waals surface area contributed by atoms with Crippen molar-refractivity contribution in [3.63, 3.8) is 0 Å². The Morgan fingerprint density at radius 1 is 0.871 bits per heavy atom. The number of amides is 2. The summed E-state index contributed by atoms with van der Waals surface area (Å²) in [6, 6.07) is 25.5. The molecule has 0 saturated heterocycles. The molecule has 7 heteroatoms. The Morgan fingerprint density at radius 2 is 1.52 bits per heavy atom. The Bertz CT molecular complexity index is 1200. The predicted octanol–water partition coefficient (Wildman–Crippen LogP) is 4.19. The summed E-state index contributed by atoms with van der Waals surface area (Å²) in [5, 5.41) is 6.54. The van der Waals surface area contributed by atoms with Gasteiger partial charge in [0.15, 0.2) is 11.0 Å². The second-order valence-electron chi connectivity index (χ2n) is 7.11. The molecule has 0 bridgehead atoms. The molecule has 156 valence electrons. The first-order chi connectivity index (χ1) is 15.1. The normalized spacial score (nSPS) is 10.7. The maximum absolute atomic E-state index is 12.5. The van der Waals surface area contributed by atoms with Crippen LogP contribution in [0.25, 0.3) is 11.0 Å². The van der Waals surface area contributed by atoms with Gasteiger partial charge >= 0.3 is 5.16 Å². The van der Waals surface area contributed by atoms with Crippen molar-refractivity contribution in [2.24, 2.45) is 0 Å². The van der Waals surface area contributed by atoms with Crippen LogP contribution in [0.1, 0.15) is 12.5 Å². The highest BCUT2D eigenvalue weighted by atomic mass is 32.2. The van der Waals surface area contributed by atoms with Gasteiger partial charge in [0.2, 0.25) is 11.8 Å². The Morgan fingerprint density at radius 3 is 2.23 bits per heavy atom. The van der Waals surface area contributed by atoms with E-state index < -0.39 is 0 Å². The molecule has 0 fully saturated rings. The van der Waals surface area contributed by atoms with Gasteiger partial charge in [0.25, 0.3) is 0 Å². The summed E-state index contributed by atoms with van der Waals surface area (Å²) >= 11 is 1.47. The van der Waals surface area contributed by atoms with E-state index in [2.05, 4.69) is 38.4 Å². The van der Waals surface area contributed by atoms with Crippen molar-refractivity contribution in [3.05, 3.63) is 84.4 Å². The number of para-hydroxylation sites is 2. The van der Waals surface area contributed by atoms with Gasteiger partial charge in [-0.3, -0.25) is 9.59 Å². The van der Waals surface area contributed by atoms with Gasteiger partial charge in [-0.1, -0.05) is 42.5 Å². The second-order valence-corrected chi connectivity index (χ2v) is 8.08. The molecule has 1 aromatic heterocycles. The quantitative estimate of drug-likeness (QED) is 0.303. The molecule has 0 atom stereocenters. The zero-order valence-corrected chi connectivity index (χ0v) is 17.9. The molecule has 4 rings (SSSR count). The first-order valence-corrected chi connectivity index (χ1v) is 10.9. The lowest BCUT2D eigenvalue weighted by atomic mass is 10.2. The Labute approximate surface area is 184 Å². The summed E-state index contributed by atoms with van der Waals surface area (Å²) in [6.45, 7) is 2.18. The minimum absolute atomic E-state index is 0.0952. The summed E-state index contributed by atoms with van der Waals surface area (Å²) in [6.07, 6.45) is 0. The summed E-state index contributed by atoms with van der Waals surface area (Å²) < 4.78 is 2.20. The van der Waals surface area contributed by atoms with Crippen molar-refractivity contribution < 1.29 is 14.2 Å². The summed E-state index contributed by atoms with van der Waals surface area (Å²) in [7, 11) is 0. The number of H-pyrrole nitrogens is 1. The van der Waals surface area contributed by atoms with Crippen molar-refractivity contribution in [1.29, 1.82) is 0 Å². The number of hydrogen-bond acceptors (Lipinski definition) is 3. The summed E-state index contributed by atoms with van der Waals surface area (Å²) in [5.41, 5.74) is 4.72. The molecule has 0 spiro atoms. The average Bonchev–Trinajstić information content (AvgIpc) is 3.11. The standard InChI is InChI=1S/C24H22N4O2S/c1-17(29)25-19-11-13-20(14-12-19)26-23(30)16-31-24-27-21-9-5-6-10-22(21)28(24)15-18-7-3-2-4-8-18/h2-14H,15-16H2,1H3,(H2,25,26,29,30)/p+1. The van der Waals surface area contributed by atoms with E-state index >= 15 is 0 Å². The molecule has 4 aromatic rings. The third kappa shape index (κ3) is 5.32. The van der Waals surface area contributed by atoms with Crippen molar-refractivity contribution in [3.8, 4) is 0 Å². The fourth-order valence-corrected chi connectivity index (χ4v) is 4.16. The fraction of sp³-hybridized carbons (Fsp3) is 0.125. The highest BCUT2D eigenvalue weighted by Gasteiger charge is 2.20. The van der Waals surface area contributed by atoms with Crippen molar-refractivity contribution in [1.82, 2.24) is 4.98 Å². The van der Waals surface area contributed by atoms with E-state index in [-0.39, 0.29) is 17.6 Å². The van der Waals surface area contributed by atoms with Gasteiger partial charge in [0.05, 0.1) is 5.75 Å². The van der Waals surface area contributed by atoms with E-state index in [1.165, 1.54) is 24.2 Å². The van der Waals surface area contributed by atoms with Gasteiger partial charge < -0.3 is 10.6 Å². The lowest BCUT2D eigenvalue weighted by Gasteiger charge is -2.06. The van der Waals surface area contributed by atoms with Gasteiger partial charge in [0, 0.05) is 18.3 Å². The van der Waals surface area contributed by atoms with Crippen LogP contribution in [0.2, 0.25) is 0 Å². The largest absolute Gasteiger partial charge is 0.326 e. The maximum Gasteiger partial charge on any atom is 0.317 e. The Kier molecular flexibility index (Phi) is 6.33. The average molecular weight is 432 g/mol. The van der Waals surface area contributed by atoms with Crippen LogP contribution in [0.5, 0.6) is 0 Å². The monoisotopic (exact) mass is 431 g/mol. The Hall–Kier alpha value is -3.58. The van der Waals surface area contributed by atoms with Crippen LogP contribution in [0.15, 0.2) is 84.0 Å². The molecule has 0 aliphatic heterocycles. The van der Waals surface area contributed by atoms with Crippen LogP contribution in [-0.2, 0) is 16.1 Å². The SMILES string of the molecule is CC(=O)Nc1ccc(NC(=O)CSc2[nH]c3ccccc3[n+]2Cc2ccccc2)cc1. The maximum atomic E-state index is 12.5. The lowest BCUT2D eigenvalue weighted by molar-refractivity contribution is -0.700. The van der Waals surface area contributed by atoms with E-state index in [0.717, 1.165) is 22.7 Å². The third-order valence-electron chi connectivity index (χ3n) is 4.69. The smallest absolute Gasteiger partial charge is 0.317 e. The second kappa shape index (κ2) is 9.49. The van der Waals surface area contributed by atoms with E-state index in [1.807, 2.05) is 36.4 Å². The third-order valence-corrected chi connectivity index (χ3v) is 5.70. The first kappa shape index (κ1) is 20.7. The highest BCUT2D eigenvalue weighted by molar-refractivity contribution is 7.99. The number of nitrogens with one attached hydrogen (secondary N) is 3. The van der Waals surface area contributed by atoms with E-state index in [4.69, 9.17) is 0 Å². The van der Waals surface area contributed by atoms with Gasteiger partial charge in [-0.25, -0.2) is 9.55 Å². The number of imidazole rings is 1. The number of nitrogens with zero attached hydrogens (tertiary/aromatic N) is 1. The molecule has 0 saturated carbocycles. The topological polar surface area (TPSA) is 77.9 Å². The van der Waals surface area contributed by atoms with Gasteiger partial charge in [-0.05, 0) is 53.7 Å². The number of rotatable bonds is 7. The molecule has 3 N–H and O–H groups in total. The molecule has 1 heterocycles. The molecule has 0 aliphatic rings. The number of hydrogen-bond donors (Lipinski definition) is 3. The minimum atomic E-state index is -0.129. The molecule has 0 aliphatic carbocycles. The zero-order chi connectivity index (χ0) is 21.6.